The molecule has 17 nitrogen and oxygen atoms in total. The zero-order valence-corrected chi connectivity index (χ0v) is 46.0. The number of carbonyl (C=O) groups is 7. The van der Waals surface area contributed by atoms with Crippen LogP contribution in [-0.4, -0.2) is 112 Å². The highest BCUT2D eigenvalue weighted by molar-refractivity contribution is 9.10. The van der Waals surface area contributed by atoms with Gasteiger partial charge < -0.3 is 39.9 Å². The lowest BCUT2D eigenvalue weighted by molar-refractivity contribution is -0.141. The lowest BCUT2D eigenvalue weighted by Crippen LogP contribution is -2.57. The number of imide groups is 1. The molecule has 2 fully saturated rings. The second-order valence-corrected chi connectivity index (χ2v) is 24.0. The van der Waals surface area contributed by atoms with E-state index < -0.39 is 72.1 Å². The molecule has 3 aliphatic rings. The number of anilines is 1. The predicted molar refractivity (Wildman–Crippen MR) is 285 cm³/mol. The first kappa shape index (κ1) is 57.8. The third kappa shape index (κ3) is 13.8. The van der Waals surface area contributed by atoms with Crippen LogP contribution in [-0.2, 0) is 45.5 Å². The molecule has 7 amide bonds. The van der Waals surface area contributed by atoms with Crippen molar-refractivity contribution in [2.45, 2.75) is 128 Å². The largest absolute Gasteiger partial charge is 0.399 e. The maximum Gasteiger partial charge on any atom is 0.399 e. The summed E-state index contributed by atoms with van der Waals surface area (Å²) in [6.07, 6.45) is 7.23. The lowest BCUT2D eigenvalue weighted by atomic mass is 9.85. The maximum absolute atomic E-state index is 14.7. The number of carbonyl (C=O) groups excluding carboxylic acids is 7. The molecule has 5 N–H and O–H groups in total. The minimum absolute atomic E-state index is 0.0535. The number of likely N-dealkylation sites (N-methyl/N-ethyl adjacent to an activating group) is 1. The summed E-state index contributed by atoms with van der Waals surface area (Å²) >= 11 is 4.35. The van der Waals surface area contributed by atoms with Crippen LogP contribution in [0.15, 0.2) is 71.2 Å². The Kier molecular flexibility index (Phi) is 18.7. The van der Waals surface area contributed by atoms with Crippen molar-refractivity contribution in [3.05, 3.63) is 98.3 Å². The van der Waals surface area contributed by atoms with Crippen molar-refractivity contribution in [3.63, 3.8) is 0 Å². The van der Waals surface area contributed by atoms with E-state index in [4.69, 9.17) is 4.74 Å². The van der Waals surface area contributed by atoms with E-state index >= 15 is 0 Å². The normalized spacial score (nSPS) is 18.2. The van der Waals surface area contributed by atoms with Crippen LogP contribution in [0, 0.1) is 17.3 Å². The summed E-state index contributed by atoms with van der Waals surface area (Å²) in [7, 11) is -4.26. The summed E-state index contributed by atoms with van der Waals surface area (Å²) < 4.78 is 47.8. The number of ether oxygens (including phenoxy) is 1. The van der Waals surface area contributed by atoms with Crippen LogP contribution in [0.2, 0.25) is 0 Å². The fraction of sp³-hybridized carbons (Fsp3) is 0.463. The molecule has 0 aliphatic carbocycles. The first-order valence-corrected chi connectivity index (χ1v) is 28.4. The Morgan fingerprint density at radius 3 is 2.36 bits per heavy atom. The van der Waals surface area contributed by atoms with Gasteiger partial charge in [0.15, 0.2) is 0 Å². The van der Waals surface area contributed by atoms with Gasteiger partial charge in [-0.05, 0) is 90.2 Å². The van der Waals surface area contributed by atoms with E-state index in [0.717, 1.165) is 84.0 Å². The van der Waals surface area contributed by atoms with Crippen molar-refractivity contribution in [2.75, 3.05) is 31.6 Å². The summed E-state index contributed by atoms with van der Waals surface area (Å²) in [5.41, 5.74) is -3.60. The van der Waals surface area contributed by atoms with Crippen LogP contribution in [0.5, 0.6) is 0 Å². The number of nitrogens with zero attached hydrogens (tertiary/aromatic N) is 3. The average molecular weight is 1150 g/mol. The molecule has 0 radical (unpaired) electrons. The number of hydrogen-bond acceptors (Lipinski definition) is 10. The van der Waals surface area contributed by atoms with Gasteiger partial charge in [0.25, 0.3) is 11.8 Å². The molecule has 4 heterocycles. The van der Waals surface area contributed by atoms with Gasteiger partial charge in [0.05, 0.1) is 11.0 Å². The van der Waals surface area contributed by atoms with Crippen LogP contribution >= 0.6 is 34.9 Å². The standard InChI is InChI=1S/C54H62BrF2N6O11PS/c1-53(2,3)47(60-49(67)44-28-34-27-35(18-24-43(34)76-44)54(56,57)75(71,72)73)52(70)62-30-38(29-42(62)51(69)61(4)37-21-19-36(55)20-22-37)74-32-46(65)58-26-13-11-9-7-5-6-8-10-12-15-33-16-14-17-39-40(33)31-63(50(39)68)41-23-25-45(64)59-48(41)66/h14,16-22,24,27-28,38,41-42,47H,5-11,13,23,25-26,29-32H2,1-4H3,(H,58,65)(H,60,67)(H,59,64,66)(H2,71,72,73)/t38-,41?,42+,47?/m1/s1. The fourth-order valence-electron chi connectivity index (χ4n) is 9.49. The highest BCUT2D eigenvalue weighted by atomic mass is 79.9. The first-order chi connectivity index (χ1) is 35.9. The molecule has 3 aromatic carbocycles. The third-order valence-corrected chi connectivity index (χ3v) is 16.4. The number of rotatable bonds is 20. The quantitative estimate of drug-likeness (QED) is 0.0249. The number of hydrogen-bond donors (Lipinski definition) is 5. The van der Waals surface area contributed by atoms with E-state index in [1.807, 2.05) is 6.07 Å². The summed E-state index contributed by atoms with van der Waals surface area (Å²) in [5.74, 6) is 3.41. The van der Waals surface area contributed by atoms with E-state index in [-0.39, 0.29) is 60.5 Å². The number of amides is 7. The van der Waals surface area contributed by atoms with E-state index in [2.05, 4.69) is 43.7 Å². The number of nitrogens with one attached hydrogen (secondary N) is 3. The number of likely N-dealkylation sites (tertiary alicyclic amines) is 1. The Morgan fingerprint density at radius 1 is 0.974 bits per heavy atom. The van der Waals surface area contributed by atoms with Gasteiger partial charge in [-0.2, -0.15) is 8.78 Å². The minimum atomic E-state index is -5.84. The van der Waals surface area contributed by atoms with Gasteiger partial charge in [0.1, 0.15) is 24.7 Å². The van der Waals surface area contributed by atoms with Crippen molar-refractivity contribution in [1.82, 2.24) is 25.8 Å². The van der Waals surface area contributed by atoms with Crippen molar-refractivity contribution >= 4 is 92.0 Å². The minimum Gasteiger partial charge on any atom is -0.366 e. The average Bonchev–Trinajstić information content (AvgIpc) is 4.10. The Labute approximate surface area is 452 Å². The molecule has 3 aliphatic heterocycles. The molecule has 0 bridgehead atoms. The van der Waals surface area contributed by atoms with Gasteiger partial charge in [0.2, 0.25) is 29.5 Å². The van der Waals surface area contributed by atoms with E-state index in [1.54, 1.807) is 64.2 Å². The highest BCUT2D eigenvalue weighted by Gasteiger charge is 2.51. The zero-order chi connectivity index (χ0) is 55.1. The second kappa shape index (κ2) is 24.6. The Balaban J connectivity index is 0.864. The van der Waals surface area contributed by atoms with Crippen molar-refractivity contribution in [3.8, 4) is 11.8 Å². The smallest absolute Gasteiger partial charge is 0.366 e. The Morgan fingerprint density at radius 2 is 1.67 bits per heavy atom. The number of unbranched alkanes of at least 4 members (excludes halogenated alkanes) is 7. The third-order valence-electron chi connectivity index (χ3n) is 13.8. The molecule has 76 heavy (non-hydrogen) atoms. The first-order valence-electron chi connectivity index (χ1n) is 25.2. The van der Waals surface area contributed by atoms with Crippen LogP contribution in [0.25, 0.3) is 10.1 Å². The van der Waals surface area contributed by atoms with Gasteiger partial charge in [-0.1, -0.05) is 92.8 Å². The molecule has 4 aromatic rings. The Hall–Kier alpha value is -5.88. The lowest BCUT2D eigenvalue weighted by Gasteiger charge is -2.36. The molecule has 0 spiro atoms. The number of piperidine rings is 1. The fourth-order valence-corrected chi connectivity index (χ4v) is 11.2. The molecule has 2 saturated heterocycles. The molecule has 2 unspecified atom stereocenters. The van der Waals surface area contributed by atoms with E-state index in [0.29, 0.717) is 35.3 Å². The topological polar surface area (TPSA) is 232 Å². The summed E-state index contributed by atoms with van der Waals surface area (Å²) in [4.78, 5) is 116. The predicted octanol–water partition coefficient (Wildman–Crippen LogP) is 7.73. The van der Waals surface area contributed by atoms with Crippen molar-refractivity contribution < 1.29 is 61.4 Å². The monoisotopic (exact) mass is 1150 g/mol. The van der Waals surface area contributed by atoms with Crippen molar-refractivity contribution in [1.29, 1.82) is 0 Å². The summed E-state index contributed by atoms with van der Waals surface area (Å²) in [6.45, 7) is 5.57. The number of thiophene rings is 1. The maximum atomic E-state index is 14.7. The number of fused-ring (bicyclic) bond motifs is 2. The van der Waals surface area contributed by atoms with Gasteiger partial charge in [0, 0.05) is 77.5 Å². The van der Waals surface area contributed by atoms with Crippen LogP contribution in [0.4, 0.5) is 14.5 Å². The molecule has 22 heteroatoms. The second-order valence-electron chi connectivity index (χ2n) is 20.4. The van der Waals surface area contributed by atoms with Gasteiger partial charge >= 0.3 is 13.3 Å². The number of benzene rings is 3. The molecule has 0 saturated carbocycles. The Bertz CT molecular complexity index is 2990. The molecular formula is C54H62BrF2N6O11PS. The van der Waals surface area contributed by atoms with Crippen LogP contribution in [0.3, 0.4) is 0 Å². The summed E-state index contributed by atoms with van der Waals surface area (Å²) in [5, 5.41) is 8.16. The molecule has 406 valence electrons. The molecular weight excluding hydrogens is 1090 g/mol. The number of alkyl halides is 2. The molecule has 7 rings (SSSR count). The molecule has 1 aromatic heterocycles. The van der Waals surface area contributed by atoms with E-state index in [9.17, 15) is 56.7 Å². The van der Waals surface area contributed by atoms with Crippen LogP contribution < -0.4 is 20.9 Å². The summed E-state index contributed by atoms with van der Waals surface area (Å²) in [6, 6.07) is 13.9. The van der Waals surface area contributed by atoms with Crippen LogP contribution in [0.1, 0.15) is 128 Å². The molecule has 4 atom stereocenters. The zero-order valence-electron chi connectivity index (χ0n) is 42.7. The highest BCUT2D eigenvalue weighted by Crippen LogP contribution is 2.59. The van der Waals surface area contributed by atoms with Gasteiger partial charge in [-0.3, -0.25) is 43.4 Å². The van der Waals surface area contributed by atoms with Gasteiger partial charge in [-0.25, -0.2) is 0 Å². The van der Waals surface area contributed by atoms with E-state index in [1.165, 1.54) is 26.8 Å². The van der Waals surface area contributed by atoms with Crippen molar-refractivity contribution in [2.24, 2.45) is 5.41 Å². The van der Waals surface area contributed by atoms with Gasteiger partial charge in [-0.15, -0.1) is 11.3 Å². The number of halogens is 3. The SMILES string of the molecule is CN(C(=O)[C@@H]1C[C@@H](OCC(=O)NCCCCCCCCCC#Cc2cccc3c2CN(C2CCC(=O)NC2=O)C3=O)CN1C(=O)C(NC(=O)c1cc2cc(C(F)(F)P(=O)(O)O)ccc2s1)C(C)(C)C)c1ccc(Br)cc1.